The molecule has 0 bridgehead atoms. The molecule has 1 atom stereocenters. The summed E-state index contributed by atoms with van der Waals surface area (Å²) in [5.74, 6) is 0.0697. The predicted molar refractivity (Wildman–Crippen MR) is 104 cm³/mol. The first-order valence-corrected chi connectivity index (χ1v) is 10.2. The number of rotatable bonds is 7. The van der Waals surface area contributed by atoms with Gasteiger partial charge in [-0.1, -0.05) is 12.8 Å². The van der Waals surface area contributed by atoms with Crippen LogP contribution in [0.15, 0.2) is 0 Å². The van der Waals surface area contributed by atoms with Crippen LogP contribution in [0, 0.1) is 13.8 Å². The molecule has 3 rings (SSSR count). The van der Waals surface area contributed by atoms with Gasteiger partial charge in [-0.15, -0.1) is 0 Å². The molecule has 2 heterocycles. The fourth-order valence-electron chi connectivity index (χ4n) is 4.50. The van der Waals surface area contributed by atoms with Crippen LogP contribution in [0.5, 0.6) is 0 Å². The van der Waals surface area contributed by atoms with Gasteiger partial charge in [0.25, 0.3) is 0 Å². The normalized spacial score (nSPS) is 21.4. The summed E-state index contributed by atoms with van der Waals surface area (Å²) in [6.07, 6.45) is 6.85. The summed E-state index contributed by atoms with van der Waals surface area (Å²) >= 11 is 0. The molecule has 2 aliphatic rings. The molecule has 1 saturated carbocycles. The van der Waals surface area contributed by atoms with Crippen molar-refractivity contribution in [2.24, 2.45) is 0 Å². The van der Waals surface area contributed by atoms with E-state index < -0.39 is 0 Å². The lowest BCUT2D eigenvalue weighted by Crippen LogP contribution is -2.59. The molecular formula is C20H33N5O2. The van der Waals surface area contributed by atoms with Crippen molar-refractivity contribution in [3.05, 3.63) is 17.0 Å². The smallest absolute Gasteiger partial charge is 0.237 e. The van der Waals surface area contributed by atoms with Gasteiger partial charge in [-0.3, -0.25) is 19.6 Å². The number of carbonyl (C=O) groups excluding carboxylic acids is 2. The largest absolute Gasteiger partial charge is 0.353 e. The predicted octanol–water partition coefficient (Wildman–Crippen LogP) is 1.55. The van der Waals surface area contributed by atoms with Gasteiger partial charge < -0.3 is 10.2 Å². The number of aromatic amines is 1. The van der Waals surface area contributed by atoms with Crippen LogP contribution in [0.2, 0.25) is 0 Å². The molecule has 2 N–H and O–H groups in total. The number of carbonyl (C=O) groups is 2. The minimum Gasteiger partial charge on any atom is -0.353 e. The maximum absolute atomic E-state index is 12.7. The van der Waals surface area contributed by atoms with Gasteiger partial charge in [0.1, 0.15) is 0 Å². The van der Waals surface area contributed by atoms with Gasteiger partial charge in [0, 0.05) is 38.4 Å². The van der Waals surface area contributed by atoms with Gasteiger partial charge in [-0.2, -0.15) is 5.10 Å². The monoisotopic (exact) mass is 375 g/mol. The third-order valence-corrected chi connectivity index (χ3v) is 6.16. The number of H-pyrrole nitrogens is 1. The van der Waals surface area contributed by atoms with E-state index in [0.29, 0.717) is 19.1 Å². The quantitative estimate of drug-likeness (QED) is 0.758. The molecule has 7 heteroatoms. The summed E-state index contributed by atoms with van der Waals surface area (Å²) in [5.41, 5.74) is 3.38. The first-order chi connectivity index (χ1) is 13.0. The zero-order chi connectivity index (χ0) is 19.4. The molecular weight excluding hydrogens is 342 g/mol. The standard InChI is InChI=1S/C20H33N5O2/c1-14-17(15(2)23-22-14)9-6-11-24(3)19(26)13-18-20(27)21-10-12-25(18)16-7-4-5-8-16/h16,18H,4-13H2,1-3H3,(H,21,27)(H,22,23). The molecule has 150 valence electrons. The highest BCUT2D eigenvalue weighted by Gasteiger charge is 2.37. The van der Waals surface area contributed by atoms with Crippen molar-refractivity contribution in [2.45, 2.75) is 70.9 Å². The number of hydrogen-bond donors (Lipinski definition) is 2. The second-order valence-corrected chi connectivity index (χ2v) is 8.02. The second kappa shape index (κ2) is 8.87. The number of nitrogens with zero attached hydrogens (tertiary/aromatic N) is 3. The number of aromatic nitrogens is 2. The van der Waals surface area contributed by atoms with Gasteiger partial charge in [0.05, 0.1) is 18.2 Å². The summed E-state index contributed by atoms with van der Waals surface area (Å²) in [5, 5.41) is 10.2. The van der Waals surface area contributed by atoms with E-state index in [4.69, 9.17) is 0 Å². The zero-order valence-corrected chi connectivity index (χ0v) is 16.9. The lowest BCUT2D eigenvalue weighted by atomic mass is 10.0. The average Bonchev–Trinajstić information content (AvgIpc) is 3.28. The van der Waals surface area contributed by atoms with E-state index in [1.165, 1.54) is 18.4 Å². The topological polar surface area (TPSA) is 81.3 Å². The van der Waals surface area contributed by atoms with E-state index in [1.54, 1.807) is 4.90 Å². The van der Waals surface area contributed by atoms with Gasteiger partial charge in [-0.05, 0) is 45.1 Å². The van der Waals surface area contributed by atoms with Gasteiger partial charge in [-0.25, -0.2) is 0 Å². The molecule has 27 heavy (non-hydrogen) atoms. The van der Waals surface area contributed by atoms with Crippen molar-refractivity contribution in [1.29, 1.82) is 0 Å². The second-order valence-electron chi connectivity index (χ2n) is 8.02. The van der Waals surface area contributed by atoms with E-state index in [9.17, 15) is 9.59 Å². The maximum atomic E-state index is 12.7. The Morgan fingerprint density at radius 2 is 2.04 bits per heavy atom. The molecule has 1 aliphatic heterocycles. The van der Waals surface area contributed by atoms with E-state index in [1.807, 2.05) is 20.9 Å². The van der Waals surface area contributed by atoms with Crippen molar-refractivity contribution in [2.75, 3.05) is 26.7 Å². The number of aryl methyl sites for hydroxylation is 2. The Kier molecular flexibility index (Phi) is 6.52. The molecule has 1 saturated heterocycles. The number of piperazine rings is 1. The Labute approximate surface area is 161 Å². The van der Waals surface area contributed by atoms with Crippen LogP contribution >= 0.6 is 0 Å². The molecule has 1 unspecified atom stereocenters. The highest BCUT2D eigenvalue weighted by atomic mass is 16.2. The summed E-state index contributed by atoms with van der Waals surface area (Å²) in [6.45, 7) is 6.29. The summed E-state index contributed by atoms with van der Waals surface area (Å²) < 4.78 is 0. The van der Waals surface area contributed by atoms with Gasteiger partial charge in [0.2, 0.25) is 11.8 Å². The lowest BCUT2D eigenvalue weighted by Gasteiger charge is -2.39. The van der Waals surface area contributed by atoms with E-state index in [-0.39, 0.29) is 24.3 Å². The van der Waals surface area contributed by atoms with Crippen molar-refractivity contribution < 1.29 is 9.59 Å². The SMILES string of the molecule is Cc1n[nH]c(C)c1CCCN(C)C(=O)CC1C(=O)NCCN1C1CCCC1. The fraction of sp³-hybridized carbons (Fsp3) is 0.750. The molecule has 1 aromatic heterocycles. The Bertz CT molecular complexity index is 646. The van der Waals surface area contributed by atoms with Crippen LogP contribution in [0.1, 0.15) is 55.5 Å². The van der Waals surface area contributed by atoms with Crippen molar-refractivity contribution in [3.63, 3.8) is 0 Å². The van der Waals surface area contributed by atoms with Crippen LogP contribution in [-0.4, -0.2) is 70.6 Å². The molecule has 0 radical (unpaired) electrons. The highest BCUT2D eigenvalue weighted by molar-refractivity contribution is 5.88. The number of hydrogen-bond acceptors (Lipinski definition) is 4. The Balaban J connectivity index is 1.52. The van der Waals surface area contributed by atoms with Crippen LogP contribution < -0.4 is 5.32 Å². The molecule has 1 aliphatic carbocycles. The van der Waals surface area contributed by atoms with Crippen LogP contribution in [0.3, 0.4) is 0 Å². The molecule has 2 amide bonds. The highest BCUT2D eigenvalue weighted by Crippen LogP contribution is 2.27. The molecule has 0 aromatic carbocycles. The number of nitrogens with one attached hydrogen (secondary N) is 2. The first kappa shape index (κ1) is 19.9. The minimum absolute atomic E-state index is 0.0135. The first-order valence-electron chi connectivity index (χ1n) is 10.2. The Morgan fingerprint density at radius 1 is 1.30 bits per heavy atom. The van der Waals surface area contributed by atoms with E-state index in [2.05, 4.69) is 20.4 Å². The molecule has 1 aromatic rings. The van der Waals surface area contributed by atoms with Gasteiger partial charge >= 0.3 is 0 Å². The lowest BCUT2D eigenvalue weighted by molar-refractivity contribution is -0.139. The molecule has 7 nitrogen and oxygen atoms in total. The summed E-state index contributed by atoms with van der Waals surface area (Å²) in [6, 6.07) is 0.154. The third kappa shape index (κ3) is 4.69. The Hall–Kier alpha value is -1.89. The molecule has 0 spiro atoms. The summed E-state index contributed by atoms with van der Waals surface area (Å²) in [7, 11) is 1.85. The zero-order valence-electron chi connectivity index (χ0n) is 16.9. The maximum Gasteiger partial charge on any atom is 0.237 e. The van der Waals surface area contributed by atoms with E-state index in [0.717, 1.165) is 43.6 Å². The third-order valence-electron chi connectivity index (χ3n) is 6.16. The van der Waals surface area contributed by atoms with E-state index >= 15 is 0 Å². The summed E-state index contributed by atoms with van der Waals surface area (Å²) in [4.78, 5) is 29.2. The number of amides is 2. The van der Waals surface area contributed by atoms with Crippen molar-refractivity contribution in [1.82, 2.24) is 25.3 Å². The van der Waals surface area contributed by atoms with Crippen LogP contribution in [0.25, 0.3) is 0 Å². The van der Waals surface area contributed by atoms with Crippen molar-refractivity contribution >= 4 is 11.8 Å². The molecule has 2 fully saturated rings. The minimum atomic E-state index is -0.310. The Morgan fingerprint density at radius 3 is 2.70 bits per heavy atom. The van der Waals surface area contributed by atoms with Crippen LogP contribution in [0.4, 0.5) is 0 Å². The average molecular weight is 376 g/mol. The van der Waals surface area contributed by atoms with Gasteiger partial charge in [0.15, 0.2) is 0 Å². The van der Waals surface area contributed by atoms with Crippen molar-refractivity contribution in [3.8, 4) is 0 Å². The fourth-order valence-corrected chi connectivity index (χ4v) is 4.50. The van der Waals surface area contributed by atoms with Crippen LogP contribution in [-0.2, 0) is 16.0 Å².